The molecule has 0 saturated heterocycles. The molecule has 19 heavy (non-hydrogen) atoms. The van der Waals surface area contributed by atoms with Crippen LogP contribution in [0.2, 0.25) is 0 Å². The number of hydrogen-bond donors (Lipinski definition) is 1. The van der Waals surface area contributed by atoms with Gasteiger partial charge in [0.15, 0.2) is 0 Å². The molecule has 0 heterocycles. The largest absolute Gasteiger partial charge is 0.488 e. The van der Waals surface area contributed by atoms with Gasteiger partial charge in [-0.15, -0.1) is 11.8 Å². The molecule has 0 fully saturated rings. The predicted molar refractivity (Wildman–Crippen MR) is 84.9 cm³/mol. The lowest BCUT2D eigenvalue weighted by Gasteiger charge is -2.10. The molecule has 0 bridgehead atoms. The van der Waals surface area contributed by atoms with Gasteiger partial charge in [-0.05, 0) is 24.0 Å². The fourth-order valence-electron chi connectivity index (χ4n) is 1.66. The molecule has 2 aromatic rings. The molecule has 0 radical (unpaired) electrons. The number of ether oxygens (including phenoxy) is 1. The van der Waals surface area contributed by atoms with Gasteiger partial charge in [-0.25, -0.2) is 0 Å². The zero-order valence-electron chi connectivity index (χ0n) is 10.6. The summed E-state index contributed by atoms with van der Waals surface area (Å²) in [7, 11) is 0. The van der Waals surface area contributed by atoms with E-state index in [1.807, 2.05) is 48.7 Å². The van der Waals surface area contributed by atoms with E-state index < -0.39 is 0 Å². The summed E-state index contributed by atoms with van der Waals surface area (Å²) in [6.07, 6.45) is 2.04. The van der Waals surface area contributed by atoms with Crippen LogP contribution in [0, 0.1) is 0 Å². The van der Waals surface area contributed by atoms with E-state index in [2.05, 4.69) is 6.07 Å². The molecule has 2 aromatic carbocycles. The minimum atomic E-state index is 0.417. The van der Waals surface area contributed by atoms with Crippen molar-refractivity contribution in [3.63, 3.8) is 0 Å². The third-order valence-electron chi connectivity index (χ3n) is 2.70. The summed E-state index contributed by atoms with van der Waals surface area (Å²) in [6.45, 7) is 0.537. The summed E-state index contributed by atoms with van der Waals surface area (Å²) in [5, 5.41) is 0. The first-order valence-corrected chi connectivity index (χ1v) is 7.48. The quantitative estimate of drug-likeness (QED) is 0.673. The monoisotopic (exact) mass is 289 g/mol. The van der Waals surface area contributed by atoms with Gasteiger partial charge in [0, 0.05) is 10.5 Å². The van der Waals surface area contributed by atoms with Gasteiger partial charge >= 0.3 is 0 Å². The van der Waals surface area contributed by atoms with E-state index >= 15 is 0 Å². The standard InChI is InChI=1S/C15H15NOS2/c1-19-14-5-3-2-4-13(14)17-10-11-6-8-12(9-7-11)15(16)18/h2-9H,10H2,1H3,(H2,16,18). The molecule has 0 saturated carbocycles. The van der Waals surface area contributed by atoms with Gasteiger partial charge in [0.05, 0.1) is 0 Å². The van der Waals surface area contributed by atoms with Crippen molar-refractivity contribution < 1.29 is 4.74 Å². The van der Waals surface area contributed by atoms with Crippen LogP contribution in [0.4, 0.5) is 0 Å². The highest BCUT2D eigenvalue weighted by molar-refractivity contribution is 7.98. The molecule has 2 N–H and O–H groups in total. The van der Waals surface area contributed by atoms with E-state index in [0.717, 1.165) is 21.8 Å². The number of benzene rings is 2. The van der Waals surface area contributed by atoms with Gasteiger partial charge in [-0.3, -0.25) is 0 Å². The maximum absolute atomic E-state index is 5.83. The van der Waals surface area contributed by atoms with Crippen molar-refractivity contribution in [1.29, 1.82) is 0 Å². The average Bonchev–Trinajstić information content (AvgIpc) is 2.45. The molecule has 0 spiro atoms. The third-order valence-corrected chi connectivity index (χ3v) is 3.71. The molecular formula is C15H15NOS2. The lowest BCUT2D eigenvalue weighted by Crippen LogP contribution is -2.09. The Morgan fingerprint density at radius 2 is 1.84 bits per heavy atom. The highest BCUT2D eigenvalue weighted by atomic mass is 32.2. The van der Waals surface area contributed by atoms with Crippen molar-refractivity contribution in [2.75, 3.05) is 6.26 Å². The Morgan fingerprint density at radius 3 is 2.47 bits per heavy atom. The zero-order chi connectivity index (χ0) is 13.7. The Balaban J connectivity index is 2.04. The zero-order valence-corrected chi connectivity index (χ0v) is 12.3. The van der Waals surface area contributed by atoms with E-state index in [4.69, 9.17) is 22.7 Å². The molecule has 0 amide bonds. The molecule has 2 nitrogen and oxygen atoms in total. The number of hydrogen-bond acceptors (Lipinski definition) is 3. The Bertz CT molecular complexity index is 567. The average molecular weight is 289 g/mol. The van der Waals surface area contributed by atoms with Crippen molar-refractivity contribution >= 4 is 29.0 Å². The summed E-state index contributed by atoms with van der Waals surface area (Å²) < 4.78 is 5.83. The van der Waals surface area contributed by atoms with Crippen LogP contribution >= 0.6 is 24.0 Å². The first-order valence-electron chi connectivity index (χ1n) is 5.85. The van der Waals surface area contributed by atoms with Gasteiger partial charge in [-0.2, -0.15) is 0 Å². The van der Waals surface area contributed by atoms with Crippen molar-refractivity contribution in [3.05, 3.63) is 59.7 Å². The maximum atomic E-state index is 5.83. The summed E-state index contributed by atoms with van der Waals surface area (Å²) in [4.78, 5) is 1.56. The van der Waals surface area contributed by atoms with Crippen molar-refractivity contribution in [2.24, 2.45) is 5.73 Å². The molecule has 0 aliphatic heterocycles. The first kappa shape index (κ1) is 13.9. The molecular weight excluding hydrogens is 274 g/mol. The minimum absolute atomic E-state index is 0.417. The van der Waals surface area contributed by atoms with Crippen LogP contribution in [-0.4, -0.2) is 11.2 Å². The Labute approximate surface area is 123 Å². The fourth-order valence-corrected chi connectivity index (χ4v) is 2.34. The van der Waals surface area contributed by atoms with Crippen LogP contribution in [0.1, 0.15) is 11.1 Å². The predicted octanol–water partition coefficient (Wildman–Crippen LogP) is 3.62. The van der Waals surface area contributed by atoms with Crippen molar-refractivity contribution in [1.82, 2.24) is 0 Å². The van der Waals surface area contributed by atoms with Crippen LogP contribution in [0.5, 0.6) is 5.75 Å². The molecule has 0 aliphatic carbocycles. The molecule has 2 rings (SSSR count). The number of nitrogens with two attached hydrogens (primary N) is 1. The van der Waals surface area contributed by atoms with E-state index in [-0.39, 0.29) is 0 Å². The molecule has 0 aromatic heterocycles. The molecule has 4 heteroatoms. The minimum Gasteiger partial charge on any atom is -0.488 e. The topological polar surface area (TPSA) is 35.2 Å². The van der Waals surface area contributed by atoms with Crippen LogP contribution in [0.25, 0.3) is 0 Å². The van der Waals surface area contributed by atoms with Gasteiger partial charge in [0.1, 0.15) is 17.3 Å². The van der Waals surface area contributed by atoms with Gasteiger partial charge in [-0.1, -0.05) is 48.6 Å². The van der Waals surface area contributed by atoms with E-state index in [1.54, 1.807) is 11.8 Å². The normalized spacial score (nSPS) is 10.2. The molecule has 98 valence electrons. The SMILES string of the molecule is CSc1ccccc1OCc1ccc(C(N)=S)cc1. The number of rotatable bonds is 5. The van der Waals surface area contributed by atoms with Crippen molar-refractivity contribution in [2.45, 2.75) is 11.5 Å². The van der Waals surface area contributed by atoms with E-state index in [9.17, 15) is 0 Å². The van der Waals surface area contributed by atoms with Gasteiger partial charge in [0.25, 0.3) is 0 Å². The first-order chi connectivity index (χ1) is 9.20. The number of thioether (sulfide) groups is 1. The second-order valence-corrected chi connectivity index (χ2v) is 5.29. The molecule has 0 aliphatic rings. The number of thiocarbonyl (C=S) groups is 1. The second-order valence-electron chi connectivity index (χ2n) is 4.00. The van der Waals surface area contributed by atoms with Gasteiger partial charge < -0.3 is 10.5 Å². The Morgan fingerprint density at radius 1 is 1.16 bits per heavy atom. The Kier molecular flexibility index (Phi) is 4.82. The lowest BCUT2D eigenvalue weighted by molar-refractivity contribution is 0.299. The maximum Gasteiger partial charge on any atom is 0.133 e. The fraction of sp³-hybridized carbons (Fsp3) is 0.133. The highest BCUT2D eigenvalue weighted by Gasteiger charge is 2.02. The number of para-hydroxylation sites is 1. The van der Waals surface area contributed by atoms with Crippen LogP contribution < -0.4 is 10.5 Å². The summed E-state index contributed by atoms with van der Waals surface area (Å²) in [6, 6.07) is 15.8. The van der Waals surface area contributed by atoms with Crippen LogP contribution in [0.15, 0.2) is 53.4 Å². The van der Waals surface area contributed by atoms with Crippen LogP contribution in [0.3, 0.4) is 0 Å². The lowest BCUT2D eigenvalue weighted by atomic mass is 10.1. The van der Waals surface area contributed by atoms with Gasteiger partial charge in [0.2, 0.25) is 0 Å². The Hall–Kier alpha value is -1.52. The van der Waals surface area contributed by atoms with Crippen LogP contribution in [-0.2, 0) is 6.61 Å². The summed E-state index contributed by atoms with van der Waals surface area (Å²) in [5.74, 6) is 0.911. The van der Waals surface area contributed by atoms with E-state index in [1.165, 1.54) is 0 Å². The molecule has 0 atom stereocenters. The van der Waals surface area contributed by atoms with Crippen molar-refractivity contribution in [3.8, 4) is 5.75 Å². The summed E-state index contributed by atoms with van der Waals surface area (Å²) in [5.41, 5.74) is 7.54. The smallest absolute Gasteiger partial charge is 0.133 e. The van der Waals surface area contributed by atoms with E-state index in [0.29, 0.717) is 11.6 Å². The summed E-state index contributed by atoms with van der Waals surface area (Å²) >= 11 is 6.60. The molecule has 0 unspecified atom stereocenters. The highest BCUT2D eigenvalue weighted by Crippen LogP contribution is 2.27. The second kappa shape index (κ2) is 6.59. The third kappa shape index (κ3) is 3.72.